The fourth-order valence-electron chi connectivity index (χ4n) is 14.6. The summed E-state index contributed by atoms with van der Waals surface area (Å²) in [6.45, 7) is 17.8. The summed E-state index contributed by atoms with van der Waals surface area (Å²) < 4.78 is 0. The molecule has 0 radical (unpaired) electrons. The largest absolute Gasteiger partial charge is 0.0625 e. The van der Waals surface area contributed by atoms with Gasteiger partial charge in [0.2, 0.25) is 0 Å². The van der Waals surface area contributed by atoms with Crippen LogP contribution in [0.1, 0.15) is 158 Å². The zero-order valence-corrected chi connectivity index (χ0v) is 33.3. The summed E-state index contributed by atoms with van der Waals surface area (Å²) in [6, 6.07) is 27.0. The zero-order chi connectivity index (χ0) is 35.7. The minimum absolute atomic E-state index is 0.00537. The maximum Gasteiger partial charge on any atom is 0.0227 e. The molecule has 6 aliphatic carbocycles. The average molecular weight is 687 g/mol. The molecule has 52 heavy (non-hydrogen) atoms. The highest BCUT2D eigenvalue weighted by atomic mass is 14.6. The van der Waals surface area contributed by atoms with Crippen LogP contribution in [0.5, 0.6) is 0 Å². The smallest absolute Gasteiger partial charge is 0.0227 e. The van der Waals surface area contributed by atoms with Crippen LogP contribution in [0.4, 0.5) is 0 Å². The van der Waals surface area contributed by atoms with Crippen LogP contribution in [0.25, 0.3) is 33.0 Å². The Morgan fingerprint density at radius 3 is 1.77 bits per heavy atom. The van der Waals surface area contributed by atoms with E-state index >= 15 is 0 Å². The minimum atomic E-state index is -0.0666. The van der Waals surface area contributed by atoms with E-state index in [4.69, 9.17) is 0 Å². The predicted octanol–water partition coefficient (Wildman–Crippen LogP) is 14.4. The summed E-state index contributed by atoms with van der Waals surface area (Å²) in [6.07, 6.45) is 17.2. The van der Waals surface area contributed by atoms with E-state index in [-0.39, 0.29) is 16.2 Å². The molecule has 10 rings (SSSR count). The van der Waals surface area contributed by atoms with Crippen LogP contribution >= 0.6 is 0 Å². The van der Waals surface area contributed by atoms with Gasteiger partial charge in [-0.1, -0.05) is 172 Å². The summed E-state index contributed by atoms with van der Waals surface area (Å²) in [5.41, 5.74) is 17.5. The molecule has 6 aliphatic rings. The van der Waals surface area contributed by atoms with Crippen molar-refractivity contribution in [1.82, 2.24) is 0 Å². The Morgan fingerprint density at radius 1 is 0.558 bits per heavy atom. The Kier molecular flexibility index (Phi) is 7.52. The van der Waals surface area contributed by atoms with Gasteiger partial charge in [0.1, 0.15) is 0 Å². The Balaban J connectivity index is 1.26. The Hall–Kier alpha value is -3.12. The number of fused-ring (bicyclic) bond motifs is 12. The van der Waals surface area contributed by atoms with Gasteiger partial charge in [0.15, 0.2) is 0 Å². The third-order valence-electron chi connectivity index (χ3n) is 16.4. The molecule has 3 fully saturated rings. The van der Waals surface area contributed by atoms with Crippen LogP contribution in [0, 0.1) is 42.4 Å². The van der Waals surface area contributed by atoms with E-state index in [2.05, 4.69) is 115 Å². The molecular formula is C52H62. The van der Waals surface area contributed by atoms with Gasteiger partial charge in [-0.15, -0.1) is 0 Å². The summed E-state index contributed by atoms with van der Waals surface area (Å²) in [5, 5.41) is 3.03. The number of allylic oxidation sites excluding steroid dienone is 2. The zero-order valence-electron chi connectivity index (χ0n) is 33.3. The number of aryl methyl sites for hydroxylation is 1. The first-order chi connectivity index (χ1) is 25.1. The quantitative estimate of drug-likeness (QED) is 0.201. The lowest BCUT2D eigenvalue weighted by Gasteiger charge is -2.55. The van der Waals surface area contributed by atoms with E-state index in [9.17, 15) is 0 Å². The molecule has 4 aromatic carbocycles. The lowest BCUT2D eigenvalue weighted by atomic mass is 9.49. The highest BCUT2D eigenvalue weighted by Crippen LogP contribution is 2.70. The molecule has 270 valence electrons. The van der Waals surface area contributed by atoms with E-state index < -0.39 is 0 Å². The second-order valence-electron chi connectivity index (χ2n) is 20.1. The van der Waals surface area contributed by atoms with Gasteiger partial charge in [-0.3, -0.25) is 0 Å². The average Bonchev–Trinajstić information content (AvgIpc) is 3.67. The van der Waals surface area contributed by atoms with Gasteiger partial charge < -0.3 is 0 Å². The van der Waals surface area contributed by atoms with Crippen molar-refractivity contribution >= 4 is 21.9 Å². The molecule has 0 saturated heterocycles. The second kappa shape index (κ2) is 11.7. The number of hydrogen-bond donors (Lipinski definition) is 0. The van der Waals surface area contributed by atoms with Gasteiger partial charge in [-0.2, -0.15) is 0 Å². The van der Waals surface area contributed by atoms with Crippen molar-refractivity contribution in [3.8, 4) is 11.1 Å². The molecule has 4 aromatic rings. The Labute approximate surface area is 314 Å². The predicted molar refractivity (Wildman–Crippen MR) is 222 cm³/mol. The van der Waals surface area contributed by atoms with Crippen molar-refractivity contribution in [2.75, 3.05) is 0 Å². The Morgan fingerprint density at radius 2 is 1.13 bits per heavy atom. The fourth-order valence-corrected chi connectivity index (χ4v) is 14.6. The maximum atomic E-state index is 2.72. The highest BCUT2D eigenvalue weighted by molar-refractivity contribution is 6.12. The molecule has 1 spiro atoms. The summed E-state index contributed by atoms with van der Waals surface area (Å²) in [5.74, 6) is 4.95. The summed E-state index contributed by atoms with van der Waals surface area (Å²) >= 11 is 0. The third-order valence-corrected chi connectivity index (χ3v) is 16.4. The number of benzene rings is 4. The minimum Gasteiger partial charge on any atom is -0.0625 e. The molecule has 0 heterocycles. The van der Waals surface area contributed by atoms with Crippen molar-refractivity contribution < 1.29 is 0 Å². The van der Waals surface area contributed by atoms with Crippen LogP contribution in [0.15, 0.2) is 66.7 Å². The normalized spacial score (nSPS) is 29.0. The second-order valence-corrected chi connectivity index (χ2v) is 20.1. The number of hydrogen-bond acceptors (Lipinski definition) is 0. The van der Waals surface area contributed by atoms with Gasteiger partial charge in [0, 0.05) is 16.2 Å². The lowest BCUT2D eigenvalue weighted by molar-refractivity contribution is -0.0164. The van der Waals surface area contributed by atoms with Gasteiger partial charge in [-0.25, -0.2) is 0 Å². The first-order valence-corrected chi connectivity index (χ1v) is 21.6. The van der Waals surface area contributed by atoms with Crippen molar-refractivity contribution in [3.05, 3.63) is 106 Å². The lowest BCUT2D eigenvalue weighted by Crippen LogP contribution is -2.49. The number of rotatable bonds is 3. The Bertz CT molecular complexity index is 2090. The topological polar surface area (TPSA) is 0 Å². The van der Waals surface area contributed by atoms with E-state index in [1.54, 1.807) is 44.3 Å². The van der Waals surface area contributed by atoms with Crippen molar-refractivity contribution in [1.29, 1.82) is 0 Å². The standard InChI is InChI=1S/C52H62/c1-31(2)44-40(33-18-10-8-11-19-33)29-52(30-41(44)34-20-12-9-13-21-34)43-27-26-38-47(45(43)39-28-32(3)35-22-14-15-23-36(35)46(39)52)51(6,7)48-37-24-16-17-25-42(37)50(4,5)49(38)48/h14-17,22-28,31,33-34,40-41,44H,8-13,18-21,29-30H2,1-7H3. The molecule has 0 nitrogen and oxygen atoms in total. The molecule has 0 bridgehead atoms. The third kappa shape index (κ3) is 4.39. The van der Waals surface area contributed by atoms with E-state index in [1.165, 1.54) is 105 Å². The molecule has 0 amide bonds. The van der Waals surface area contributed by atoms with Crippen molar-refractivity contribution in [2.45, 2.75) is 142 Å². The van der Waals surface area contributed by atoms with Gasteiger partial charge in [0.25, 0.3) is 0 Å². The van der Waals surface area contributed by atoms with Crippen molar-refractivity contribution in [3.63, 3.8) is 0 Å². The summed E-state index contributed by atoms with van der Waals surface area (Å²) in [7, 11) is 0. The van der Waals surface area contributed by atoms with Crippen LogP contribution in [0.2, 0.25) is 0 Å². The van der Waals surface area contributed by atoms with E-state index in [0.717, 1.165) is 35.5 Å². The van der Waals surface area contributed by atoms with Crippen LogP contribution < -0.4 is 0 Å². The summed E-state index contributed by atoms with van der Waals surface area (Å²) in [4.78, 5) is 0. The first-order valence-electron chi connectivity index (χ1n) is 21.6. The first kappa shape index (κ1) is 33.4. The maximum absolute atomic E-state index is 2.72. The molecule has 2 atom stereocenters. The van der Waals surface area contributed by atoms with Crippen LogP contribution in [-0.4, -0.2) is 0 Å². The molecule has 0 aromatic heterocycles. The SMILES string of the molecule is Cc1cc2c(c3ccccc13)C1(CC(C3CCCCC3)C(C(C)C)C(C3CCCCC3)C1)c1ccc3c(c1-2)C(C)(C)C1=C3C(C)(C)c2ccccc21. The van der Waals surface area contributed by atoms with Gasteiger partial charge in [0.05, 0.1) is 0 Å². The van der Waals surface area contributed by atoms with Gasteiger partial charge >= 0.3 is 0 Å². The van der Waals surface area contributed by atoms with E-state index in [1.807, 2.05) is 0 Å². The fraction of sp³-hybridized carbons (Fsp3) is 0.538. The van der Waals surface area contributed by atoms with Crippen LogP contribution in [-0.2, 0) is 16.2 Å². The van der Waals surface area contributed by atoms with Crippen molar-refractivity contribution in [2.24, 2.45) is 35.5 Å². The van der Waals surface area contributed by atoms with Crippen LogP contribution in [0.3, 0.4) is 0 Å². The molecule has 0 aliphatic heterocycles. The van der Waals surface area contributed by atoms with E-state index in [0.29, 0.717) is 0 Å². The monoisotopic (exact) mass is 686 g/mol. The molecule has 3 saturated carbocycles. The molecule has 2 unspecified atom stereocenters. The molecule has 0 N–H and O–H groups in total. The molecule has 0 heteroatoms. The highest BCUT2D eigenvalue weighted by Gasteiger charge is 2.58. The molecular weight excluding hydrogens is 625 g/mol. The van der Waals surface area contributed by atoms with Gasteiger partial charge in [-0.05, 0) is 127 Å².